The Bertz CT molecular complexity index is 621. The van der Waals surface area contributed by atoms with Crippen LogP contribution in [0.5, 0.6) is 0 Å². The number of rotatable bonds is 3. The van der Waals surface area contributed by atoms with Gasteiger partial charge in [-0.05, 0) is 13.8 Å². The lowest BCUT2D eigenvalue weighted by molar-refractivity contribution is 0.0491. The summed E-state index contributed by atoms with van der Waals surface area (Å²) >= 11 is 0. The molecule has 10 heteroatoms. The van der Waals surface area contributed by atoms with Gasteiger partial charge >= 0.3 is 18.2 Å². The number of methoxy groups -OCH3 is 2. The molecule has 0 saturated carbocycles. The number of hydrogen-bond donors (Lipinski definition) is 2. The minimum atomic E-state index is -0.970. The first kappa shape index (κ1) is 18.0. The van der Waals surface area contributed by atoms with E-state index in [4.69, 9.17) is 9.15 Å². The molecule has 1 aromatic heterocycles. The maximum absolute atomic E-state index is 11.8. The Balaban J connectivity index is 3.10. The molecule has 23 heavy (non-hydrogen) atoms. The van der Waals surface area contributed by atoms with Crippen molar-refractivity contribution in [1.82, 2.24) is 5.32 Å². The molecule has 0 bridgehead atoms. The predicted octanol–water partition coefficient (Wildman–Crippen LogP) is 1.66. The monoisotopic (exact) mass is 327 g/mol. The summed E-state index contributed by atoms with van der Waals surface area (Å²) in [5.41, 5.74) is 0.708. The zero-order valence-electron chi connectivity index (χ0n) is 13.1. The highest BCUT2D eigenvalue weighted by Crippen LogP contribution is 2.23. The number of nitrogens with zero attached hydrogens (tertiary/aromatic N) is 1. The van der Waals surface area contributed by atoms with Gasteiger partial charge in [0.2, 0.25) is 11.7 Å². The van der Waals surface area contributed by atoms with E-state index in [0.717, 1.165) is 14.2 Å². The first-order chi connectivity index (χ1) is 10.9. The number of amides is 2. The Hall–Kier alpha value is -3.04. The molecule has 0 radical (unpaired) electrons. The number of aryl methyl sites for hydroxylation is 1. The number of esters is 1. The van der Waals surface area contributed by atoms with Gasteiger partial charge in [-0.15, -0.1) is 4.99 Å². The van der Waals surface area contributed by atoms with E-state index < -0.39 is 18.2 Å². The van der Waals surface area contributed by atoms with E-state index in [9.17, 15) is 14.4 Å². The molecule has 0 atom stereocenters. The van der Waals surface area contributed by atoms with Gasteiger partial charge in [0, 0.05) is 5.56 Å². The fourth-order valence-corrected chi connectivity index (χ4v) is 1.44. The van der Waals surface area contributed by atoms with E-state index in [1.54, 1.807) is 13.8 Å². The van der Waals surface area contributed by atoms with Crippen molar-refractivity contribution in [1.29, 1.82) is 0 Å². The molecule has 2 N–H and O–H groups in total. The lowest BCUT2D eigenvalue weighted by Gasteiger charge is -2.10. The molecule has 0 aliphatic heterocycles. The van der Waals surface area contributed by atoms with Crippen LogP contribution in [0.1, 0.15) is 23.0 Å². The lowest BCUT2D eigenvalue weighted by Crippen LogP contribution is -2.37. The van der Waals surface area contributed by atoms with Crippen molar-refractivity contribution < 1.29 is 33.0 Å². The van der Waals surface area contributed by atoms with Gasteiger partial charge in [0.25, 0.3) is 0 Å². The van der Waals surface area contributed by atoms with Crippen LogP contribution in [0.15, 0.2) is 15.7 Å². The number of furan rings is 1. The maximum Gasteiger partial charge on any atom is 0.436 e. The molecule has 0 aromatic carbocycles. The van der Waals surface area contributed by atoms with E-state index >= 15 is 0 Å². The van der Waals surface area contributed by atoms with Gasteiger partial charge in [-0.1, -0.05) is 0 Å². The van der Waals surface area contributed by atoms with E-state index in [1.165, 1.54) is 6.26 Å². The highest BCUT2D eigenvalue weighted by atomic mass is 16.5. The number of nitrogens with one attached hydrogen (secondary N) is 2. The molecule has 0 spiro atoms. The average Bonchev–Trinajstić information content (AvgIpc) is 2.88. The molecule has 2 amide bonds. The van der Waals surface area contributed by atoms with Crippen molar-refractivity contribution in [3.05, 3.63) is 17.6 Å². The smallest absolute Gasteiger partial charge is 0.436 e. The highest BCUT2D eigenvalue weighted by molar-refractivity contribution is 6.08. The standard InChI is InChI=1S/C13H17N3O7/c1-5-22-10(17)9-8(7(2)6-23-9)14-11(15-12(18)20-3)16-13(19)21-4/h6H,5H2,1-4H3,(H2,14,15,16,18,19). The largest absolute Gasteiger partial charge is 0.460 e. The molecule has 1 rings (SSSR count). The van der Waals surface area contributed by atoms with Crippen molar-refractivity contribution >= 4 is 29.8 Å². The number of aliphatic imine (C=N–C) groups is 1. The molecular weight excluding hydrogens is 310 g/mol. The third kappa shape index (κ3) is 5.02. The van der Waals surface area contributed by atoms with Gasteiger partial charge in [0.05, 0.1) is 32.8 Å². The van der Waals surface area contributed by atoms with Gasteiger partial charge in [0.1, 0.15) is 0 Å². The predicted molar refractivity (Wildman–Crippen MR) is 78.4 cm³/mol. The van der Waals surface area contributed by atoms with Crippen LogP contribution in [0, 0.1) is 6.92 Å². The molecule has 1 heterocycles. The van der Waals surface area contributed by atoms with Crippen LogP contribution in [0.2, 0.25) is 0 Å². The molecule has 126 valence electrons. The van der Waals surface area contributed by atoms with E-state index in [1.807, 2.05) is 0 Å². The third-order valence-corrected chi connectivity index (χ3v) is 2.46. The number of hydrogen-bond acceptors (Lipinski definition) is 7. The molecule has 0 fully saturated rings. The SMILES string of the molecule is CCOC(=O)c1occ(C)c1N/C(=N\C(=O)OC)NC(=O)OC. The first-order valence-corrected chi connectivity index (χ1v) is 6.46. The van der Waals surface area contributed by atoms with Crippen LogP contribution >= 0.6 is 0 Å². The first-order valence-electron chi connectivity index (χ1n) is 6.46. The second kappa shape index (κ2) is 8.41. The van der Waals surface area contributed by atoms with Crippen molar-refractivity contribution in [3.8, 4) is 0 Å². The number of carbonyl (C=O) groups excluding carboxylic acids is 3. The summed E-state index contributed by atoms with van der Waals surface area (Å²) in [6.07, 6.45) is -0.538. The molecule has 0 saturated heterocycles. The van der Waals surface area contributed by atoms with Crippen molar-refractivity contribution in [2.24, 2.45) is 4.99 Å². The Kier molecular flexibility index (Phi) is 6.59. The van der Waals surface area contributed by atoms with Gasteiger partial charge in [0.15, 0.2) is 0 Å². The fourth-order valence-electron chi connectivity index (χ4n) is 1.44. The lowest BCUT2D eigenvalue weighted by atomic mass is 10.2. The molecule has 1 aromatic rings. The van der Waals surface area contributed by atoms with Gasteiger partial charge < -0.3 is 23.9 Å². The summed E-state index contributed by atoms with van der Waals surface area (Å²) in [7, 11) is 2.26. The Morgan fingerprint density at radius 1 is 1.26 bits per heavy atom. The second-order valence-electron chi connectivity index (χ2n) is 4.02. The van der Waals surface area contributed by atoms with E-state index in [2.05, 4.69) is 25.1 Å². The summed E-state index contributed by atoms with van der Waals surface area (Å²) in [5, 5.41) is 4.79. The summed E-state index contributed by atoms with van der Waals surface area (Å²) in [5.74, 6) is -1.15. The molecule has 0 aliphatic carbocycles. The molecule has 10 nitrogen and oxygen atoms in total. The number of ether oxygens (including phenoxy) is 3. The van der Waals surface area contributed by atoms with Crippen LogP contribution in [0.4, 0.5) is 15.3 Å². The fraction of sp³-hybridized carbons (Fsp3) is 0.385. The average molecular weight is 327 g/mol. The van der Waals surface area contributed by atoms with E-state index in [0.29, 0.717) is 5.56 Å². The number of anilines is 1. The third-order valence-electron chi connectivity index (χ3n) is 2.46. The summed E-state index contributed by atoms with van der Waals surface area (Å²) in [6, 6.07) is 0. The molecular formula is C13H17N3O7. The van der Waals surface area contributed by atoms with Gasteiger partial charge in [-0.25, -0.2) is 14.4 Å². The quantitative estimate of drug-likeness (QED) is 0.371. The normalized spacial score (nSPS) is 10.7. The summed E-state index contributed by atoms with van der Waals surface area (Å²) < 4.78 is 18.8. The van der Waals surface area contributed by atoms with Crippen molar-refractivity contribution in [2.75, 3.05) is 26.1 Å². The van der Waals surface area contributed by atoms with Crippen molar-refractivity contribution in [3.63, 3.8) is 0 Å². The van der Waals surface area contributed by atoms with Crippen LogP contribution < -0.4 is 10.6 Å². The zero-order valence-corrected chi connectivity index (χ0v) is 13.1. The Morgan fingerprint density at radius 2 is 1.96 bits per heavy atom. The second-order valence-corrected chi connectivity index (χ2v) is 4.02. The Labute approximate surface area is 131 Å². The van der Waals surface area contributed by atoms with Crippen molar-refractivity contribution in [2.45, 2.75) is 13.8 Å². The number of carbonyl (C=O) groups is 3. The Morgan fingerprint density at radius 3 is 2.52 bits per heavy atom. The molecule has 0 aliphatic rings. The maximum atomic E-state index is 11.8. The summed E-state index contributed by atoms with van der Waals surface area (Å²) in [6.45, 7) is 3.44. The van der Waals surface area contributed by atoms with Crippen LogP contribution in [0.3, 0.4) is 0 Å². The number of guanidine groups is 1. The van der Waals surface area contributed by atoms with Crippen LogP contribution in [-0.4, -0.2) is 44.9 Å². The van der Waals surface area contributed by atoms with Gasteiger partial charge in [-0.2, -0.15) is 0 Å². The minimum Gasteiger partial charge on any atom is -0.460 e. The van der Waals surface area contributed by atoms with Crippen LogP contribution in [-0.2, 0) is 14.2 Å². The topological polar surface area (TPSA) is 128 Å². The highest BCUT2D eigenvalue weighted by Gasteiger charge is 2.22. The van der Waals surface area contributed by atoms with Gasteiger partial charge in [-0.3, -0.25) is 5.32 Å². The minimum absolute atomic E-state index is 0.131. The molecule has 0 unspecified atom stereocenters. The number of alkyl carbamates (subject to hydrolysis) is 1. The van der Waals surface area contributed by atoms with E-state index in [-0.39, 0.29) is 24.0 Å². The summed E-state index contributed by atoms with van der Waals surface area (Å²) in [4.78, 5) is 37.9. The van der Waals surface area contributed by atoms with Crippen LogP contribution in [0.25, 0.3) is 0 Å². The zero-order chi connectivity index (χ0) is 17.4.